The van der Waals surface area contributed by atoms with Crippen molar-refractivity contribution in [3.63, 3.8) is 0 Å². The molecule has 9 heteroatoms. The van der Waals surface area contributed by atoms with Gasteiger partial charge in [-0.05, 0) is 30.5 Å². The summed E-state index contributed by atoms with van der Waals surface area (Å²) in [5.41, 5.74) is 8.75. The molecule has 0 amide bonds. The van der Waals surface area contributed by atoms with E-state index in [9.17, 15) is 13.2 Å². The van der Waals surface area contributed by atoms with Crippen LogP contribution in [0.5, 0.6) is 0 Å². The molecule has 3 aromatic rings. The molecule has 0 aliphatic heterocycles. The first-order chi connectivity index (χ1) is 14.3. The molecule has 1 aromatic carbocycles. The van der Waals surface area contributed by atoms with Crippen LogP contribution in [-0.2, 0) is 0 Å². The summed E-state index contributed by atoms with van der Waals surface area (Å²) in [4.78, 5) is 11.3. The lowest BCUT2D eigenvalue weighted by Gasteiger charge is -2.14. The summed E-state index contributed by atoms with van der Waals surface area (Å²) in [5, 5.41) is 12.3. The van der Waals surface area contributed by atoms with Crippen LogP contribution in [0.4, 0.5) is 24.8 Å². The van der Waals surface area contributed by atoms with Gasteiger partial charge >= 0.3 is 6.18 Å². The van der Waals surface area contributed by atoms with Crippen molar-refractivity contribution < 1.29 is 18.3 Å². The van der Waals surface area contributed by atoms with Crippen molar-refractivity contribution in [1.29, 1.82) is 0 Å². The second-order valence-corrected chi connectivity index (χ2v) is 7.36. The maximum Gasteiger partial charge on any atom is 0.390 e. The number of nitrogens with zero attached hydrogens (tertiary/aromatic N) is 2. The highest BCUT2D eigenvalue weighted by Gasteiger charge is 2.26. The summed E-state index contributed by atoms with van der Waals surface area (Å²) in [6, 6.07) is 7.35. The monoisotopic (exact) mass is 421 g/mol. The zero-order valence-electron chi connectivity index (χ0n) is 16.5. The van der Waals surface area contributed by atoms with Gasteiger partial charge in [0.2, 0.25) is 5.95 Å². The van der Waals surface area contributed by atoms with E-state index in [4.69, 9.17) is 10.8 Å². The molecular weight excluding hydrogens is 395 g/mol. The number of alkyl halides is 3. The fraction of sp³-hybridized carbons (Fsp3) is 0.429. The molecular formula is C21H26F3N5O. The van der Waals surface area contributed by atoms with Crippen LogP contribution in [0, 0.1) is 0 Å². The number of nitrogens with two attached hydrogens (primary N) is 1. The normalized spacial score (nSPS) is 14.9. The highest BCUT2D eigenvalue weighted by atomic mass is 19.4. The lowest BCUT2D eigenvalue weighted by molar-refractivity contribution is -0.131. The molecule has 1 aliphatic rings. The first kappa shape index (κ1) is 21.9. The summed E-state index contributed by atoms with van der Waals surface area (Å²) in [6.45, 7) is -0.263. The van der Waals surface area contributed by atoms with Crippen LogP contribution in [0.25, 0.3) is 22.2 Å². The van der Waals surface area contributed by atoms with Gasteiger partial charge in [0.1, 0.15) is 5.65 Å². The van der Waals surface area contributed by atoms with Crippen molar-refractivity contribution in [2.24, 2.45) is 0 Å². The van der Waals surface area contributed by atoms with Gasteiger partial charge in [0.15, 0.2) is 0 Å². The molecule has 0 spiro atoms. The fourth-order valence-corrected chi connectivity index (χ4v) is 3.29. The number of aliphatic hydroxyl groups excluding tert-OH is 1. The number of H-pyrrole nitrogens is 1. The van der Waals surface area contributed by atoms with E-state index >= 15 is 0 Å². The zero-order valence-corrected chi connectivity index (χ0v) is 16.5. The quantitative estimate of drug-likeness (QED) is 0.450. The standard InChI is InChI=1S/C15H14F3N5.C6H12O/c16-15(17,18)5-6-20-14-22-8-12-11(7-21-13(12)23-14)9-1-3-10(19)4-2-9;7-6-4-2-1-3-5-6/h1-4,7-8H,5-6,19H2,(H2,20,21,22,23);6-7H,1-5H2. The molecule has 30 heavy (non-hydrogen) atoms. The first-order valence-corrected chi connectivity index (χ1v) is 10.0. The number of halogens is 3. The lowest BCUT2D eigenvalue weighted by Crippen LogP contribution is -2.15. The van der Waals surface area contributed by atoms with Gasteiger partial charge < -0.3 is 21.1 Å². The van der Waals surface area contributed by atoms with Crippen LogP contribution in [0.3, 0.4) is 0 Å². The molecule has 4 rings (SSSR count). The summed E-state index contributed by atoms with van der Waals surface area (Å²) in [7, 11) is 0. The van der Waals surface area contributed by atoms with Crippen molar-refractivity contribution in [3.8, 4) is 11.1 Å². The van der Waals surface area contributed by atoms with E-state index in [2.05, 4.69) is 20.3 Å². The fourth-order valence-electron chi connectivity index (χ4n) is 3.29. The minimum absolute atomic E-state index is 0.0359. The van der Waals surface area contributed by atoms with Crippen LogP contribution in [0.15, 0.2) is 36.7 Å². The van der Waals surface area contributed by atoms with Gasteiger partial charge in [-0.15, -0.1) is 0 Å². The second kappa shape index (κ2) is 9.80. The van der Waals surface area contributed by atoms with Gasteiger partial charge in [-0.25, -0.2) is 4.98 Å². The van der Waals surface area contributed by atoms with E-state index in [1.54, 1.807) is 24.5 Å². The van der Waals surface area contributed by atoms with Crippen molar-refractivity contribution >= 4 is 22.7 Å². The average molecular weight is 421 g/mol. The van der Waals surface area contributed by atoms with E-state index in [1.165, 1.54) is 19.3 Å². The molecule has 2 aromatic heterocycles. The van der Waals surface area contributed by atoms with Crippen molar-refractivity contribution in [1.82, 2.24) is 15.0 Å². The van der Waals surface area contributed by atoms with Gasteiger partial charge in [0.25, 0.3) is 0 Å². The Morgan fingerprint density at radius 3 is 2.43 bits per heavy atom. The lowest BCUT2D eigenvalue weighted by atomic mass is 9.98. The Morgan fingerprint density at radius 1 is 1.13 bits per heavy atom. The molecule has 0 atom stereocenters. The molecule has 2 heterocycles. The minimum Gasteiger partial charge on any atom is -0.399 e. The number of rotatable bonds is 4. The average Bonchev–Trinajstić information content (AvgIpc) is 3.12. The molecule has 0 radical (unpaired) electrons. The van der Waals surface area contributed by atoms with Gasteiger partial charge in [-0.2, -0.15) is 18.2 Å². The first-order valence-electron chi connectivity index (χ1n) is 10.0. The Hall–Kier alpha value is -2.81. The third-order valence-corrected chi connectivity index (χ3v) is 4.92. The Balaban J connectivity index is 0.000000310. The van der Waals surface area contributed by atoms with E-state index < -0.39 is 12.6 Å². The van der Waals surface area contributed by atoms with Crippen LogP contribution in [-0.4, -0.2) is 38.9 Å². The van der Waals surface area contributed by atoms with Crippen LogP contribution in [0.1, 0.15) is 38.5 Å². The molecule has 1 aliphatic carbocycles. The van der Waals surface area contributed by atoms with Crippen molar-refractivity contribution in [2.75, 3.05) is 17.6 Å². The molecule has 162 valence electrons. The minimum atomic E-state index is -4.20. The summed E-state index contributed by atoms with van der Waals surface area (Å²) in [6.07, 6.45) is 4.15. The van der Waals surface area contributed by atoms with Crippen LogP contribution in [0.2, 0.25) is 0 Å². The van der Waals surface area contributed by atoms with E-state index in [0.717, 1.165) is 29.4 Å². The van der Waals surface area contributed by atoms with Crippen LogP contribution < -0.4 is 11.1 Å². The SMILES string of the molecule is Nc1ccc(-c2c[nH]c3nc(NCCC(F)(F)F)ncc23)cc1.OC1CCCCC1. The molecule has 0 unspecified atom stereocenters. The maximum atomic E-state index is 12.1. The smallest absolute Gasteiger partial charge is 0.390 e. The molecule has 6 nitrogen and oxygen atoms in total. The highest BCUT2D eigenvalue weighted by Crippen LogP contribution is 2.28. The predicted molar refractivity (Wildman–Crippen MR) is 112 cm³/mol. The third kappa shape index (κ3) is 6.35. The third-order valence-electron chi connectivity index (χ3n) is 4.92. The van der Waals surface area contributed by atoms with E-state index in [0.29, 0.717) is 11.3 Å². The highest BCUT2D eigenvalue weighted by molar-refractivity contribution is 5.93. The molecule has 0 saturated heterocycles. The number of aliphatic hydroxyl groups is 1. The number of nitrogen functional groups attached to an aromatic ring is 1. The van der Waals surface area contributed by atoms with E-state index in [-0.39, 0.29) is 18.6 Å². The van der Waals surface area contributed by atoms with E-state index in [1.807, 2.05) is 12.1 Å². The Labute approximate surface area is 172 Å². The Bertz CT molecular complexity index is 934. The maximum absolute atomic E-state index is 12.1. The largest absolute Gasteiger partial charge is 0.399 e. The number of nitrogens with one attached hydrogen (secondary N) is 2. The van der Waals surface area contributed by atoms with Gasteiger partial charge in [0, 0.05) is 35.6 Å². The van der Waals surface area contributed by atoms with Gasteiger partial charge in [-0.3, -0.25) is 0 Å². The number of aromatic amines is 1. The number of anilines is 2. The Morgan fingerprint density at radius 2 is 1.83 bits per heavy atom. The second-order valence-electron chi connectivity index (χ2n) is 7.36. The molecule has 1 saturated carbocycles. The number of hydrogen-bond acceptors (Lipinski definition) is 5. The summed E-state index contributed by atoms with van der Waals surface area (Å²) >= 11 is 0. The van der Waals surface area contributed by atoms with Gasteiger partial charge in [-0.1, -0.05) is 31.4 Å². The number of benzene rings is 1. The summed E-state index contributed by atoms with van der Waals surface area (Å²) < 4.78 is 36.4. The predicted octanol–water partition coefficient (Wildman–Crippen LogP) is 4.88. The van der Waals surface area contributed by atoms with Crippen LogP contribution >= 0.6 is 0 Å². The number of hydrogen-bond donors (Lipinski definition) is 4. The zero-order chi connectivity index (χ0) is 21.6. The van der Waals surface area contributed by atoms with Crippen molar-refractivity contribution in [3.05, 3.63) is 36.7 Å². The molecule has 5 N–H and O–H groups in total. The number of aromatic nitrogens is 3. The van der Waals surface area contributed by atoms with Crippen molar-refractivity contribution in [2.45, 2.75) is 50.8 Å². The molecule has 1 fully saturated rings. The van der Waals surface area contributed by atoms with Gasteiger partial charge in [0.05, 0.1) is 12.5 Å². The Kier molecular flexibility index (Phi) is 7.15. The number of fused-ring (bicyclic) bond motifs is 1. The summed E-state index contributed by atoms with van der Waals surface area (Å²) in [5.74, 6) is 0.160. The molecule has 0 bridgehead atoms. The topological polar surface area (TPSA) is 99.9 Å².